The summed E-state index contributed by atoms with van der Waals surface area (Å²) >= 11 is 0. The second kappa shape index (κ2) is 4.98. The summed E-state index contributed by atoms with van der Waals surface area (Å²) in [4.78, 5) is 34.4. The van der Waals surface area contributed by atoms with Gasteiger partial charge in [-0.05, 0) is 26.7 Å². The lowest BCUT2D eigenvalue weighted by Crippen LogP contribution is -2.57. The fraction of sp³-hybridized carbons (Fsp3) is 0.571. The monoisotopic (exact) mass is 289 g/mol. The van der Waals surface area contributed by atoms with Crippen LogP contribution in [0.2, 0.25) is 0 Å². The van der Waals surface area contributed by atoms with Crippen LogP contribution in [0.4, 0.5) is 11.6 Å². The number of carbonyl (C=O) groups excluding carboxylic acids is 2. The number of nitrogens with one attached hydrogen (secondary N) is 2. The van der Waals surface area contributed by atoms with E-state index in [2.05, 4.69) is 20.6 Å². The van der Waals surface area contributed by atoms with Crippen LogP contribution in [0, 0.1) is 6.92 Å². The number of amides is 2. The number of hydrogen-bond acceptors (Lipinski definition) is 6. The van der Waals surface area contributed by atoms with Gasteiger partial charge in [0, 0.05) is 18.5 Å². The van der Waals surface area contributed by atoms with Crippen molar-refractivity contribution in [1.29, 1.82) is 0 Å². The third kappa shape index (κ3) is 2.43. The van der Waals surface area contributed by atoms with Crippen LogP contribution in [0.5, 0.6) is 0 Å². The van der Waals surface area contributed by atoms with E-state index in [0.717, 1.165) is 30.0 Å². The van der Waals surface area contributed by atoms with Gasteiger partial charge >= 0.3 is 0 Å². The molecule has 2 aliphatic rings. The van der Waals surface area contributed by atoms with E-state index in [1.54, 1.807) is 11.8 Å². The summed E-state index contributed by atoms with van der Waals surface area (Å²) in [6, 6.07) is -0.423. The smallest absolute Gasteiger partial charge is 0.249 e. The topological polar surface area (TPSA) is 87.2 Å². The Kier molecular flexibility index (Phi) is 3.27. The second-order valence-corrected chi connectivity index (χ2v) is 5.62. The van der Waals surface area contributed by atoms with Gasteiger partial charge in [0.25, 0.3) is 0 Å². The van der Waals surface area contributed by atoms with Crippen molar-refractivity contribution in [2.24, 2.45) is 0 Å². The molecule has 0 spiro atoms. The summed E-state index contributed by atoms with van der Waals surface area (Å²) in [5.74, 6) is 2.05. The molecule has 2 amide bonds. The van der Waals surface area contributed by atoms with E-state index in [4.69, 9.17) is 0 Å². The molecule has 1 unspecified atom stereocenters. The highest BCUT2D eigenvalue weighted by atomic mass is 16.2. The maximum Gasteiger partial charge on any atom is 0.249 e. The summed E-state index contributed by atoms with van der Waals surface area (Å²) in [6.45, 7) is 3.82. The molecule has 1 saturated heterocycles. The van der Waals surface area contributed by atoms with Gasteiger partial charge in [-0.3, -0.25) is 14.9 Å². The predicted molar refractivity (Wildman–Crippen MR) is 78.2 cm³/mol. The highest BCUT2D eigenvalue weighted by Gasteiger charge is 2.34. The molecule has 112 valence electrons. The fourth-order valence-electron chi connectivity index (χ4n) is 2.54. The second-order valence-electron chi connectivity index (χ2n) is 5.62. The van der Waals surface area contributed by atoms with Gasteiger partial charge in [0.1, 0.15) is 23.5 Å². The Labute approximate surface area is 123 Å². The van der Waals surface area contributed by atoms with Crippen molar-refractivity contribution in [3.8, 4) is 0 Å². The standard InChI is InChI=1S/C14H19N5O2/c1-7-11(15-3)17-12(9-4-5-9)18-13(7)19-6-10(20)16-14(21)8(19)2/h8-9H,4-6H2,1-3H3,(H,15,17,18)(H,16,20,21). The van der Waals surface area contributed by atoms with Gasteiger partial charge in [0.05, 0.1) is 6.54 Å². The average molecular weight is 289 g/mol. The van der Waals surface area contributed by atoms with Crippen LogP contribution < -0.4 is 15.5 Å². The summed E-state index contributed by atoms with van der Waals surface area (Å²) in [7, 11) is 1.81. The number of aromatic nitrogens is 2. The van der Waals surface area contributed by atoms with E-state index >= 15 is 0 Å². The minimum Gasteiger partial charge on any atom is -0.373 e. The first-order valence-corrected chi connectivity index (χ1v) is 7.18. The van der Waals surface area contributed by atoms with Crippen LogP contribution in [0.3, 0.4) is 0 Å². The Bertz CT molecular complexity index is 612. The van der Waals surface area contributed by atoms with E-state index < -0.39 is 6.04 Å². The maximum atomic E-state index is 11.9. The zero-order valence-electron chi connectivity index (χ0n) is 12.4. The van der Waals surface area contributed by atoms with Crippen molar-refractivity contribution < 1.29 is 9.59 Å². The van der Waals surface area contributed by atoms with Gasteiger partial charge in [0.15, 0.2) is 0 Å². The molecule has 1 aliphatic heterocycles. The highest BCUT2D eigenvalue weighted by Crippen LogP contribution is 2.40. The first-order valence-electron chi connectivity index (χ1n) is 7.18. The largest absolute Gasteiger partial charge is 0.373 e. The zero-order chi connectivity index (χ0) is 15.1. The average Bonchev–Trinajstić information content (AvgIpc) is 3.28. The quantitative estimate of drug-likeness (QED) is 0.790. The molecule has 2 N–H and O–H groups in total. The molecule has 1 aromatic heterocycles. The van der Waals surface area contributed by atoms with Crippen LogP contribution in [-0.4, -0.2) is 41.4 Å². The minimum absolute atomic E-state index is 0.137. The Morgan fingerprint density at radius 3 is 2.62 bits per heavy atom. The third-order valence-corrected chi connectivity index (χ3v) is 4.01. The molecule has 7 nitrogen and oxygen atoms in total. The van der Waals surface area contributed by atoms with Crippen LogP contribution in [0.25, 0.3) is 0 Å². The van der Waals surface area contributed by atoms with E-state index in [1.165, 1.54) is 0 Å². The van der Waals surface area contributed by atoms with Gasteiger partial charge in [-0.15, -0.1) is 0 Å². The lowest BCUT2D eigenvalue weighted by Gasteiger charge is -2.34. The summed E-state index contributed by atoms with van der Waals surface area (Å²) < 4.78 is 0. The van der Waals surface area contributed by atoms with Crippen molar-refractivity contribution in [2.75, 3.05) is 23.8 Å². The van der Waals surface area contributed by atoms with Gasteiger partial charge in [0.2, 0.25) is 11.8 Å². The number of anilines is 2. The summed E-state index contributed by atoms with van der Waals surface area (Å²) in [6.07, 6.45) is 2.20. The first kappa shape index (κ1) is 13.8. The number of hydrogen-bond donors (Lipinski definition) is 2. The van der Waals surface area contributed by atoms with Crippen LogP contribution in [0.15, 0.2) is 0 Å². The predicted octanol–water partition coefficient (Wildman–Crippen LogP) is 0.555. The molecule has 1 aliphatic carbocycles. The van der Waals surface area contributed by atoms with Crippen molar-refractivity contribution in [3.63, 3.8) is 0 Å². The molecule has 7 heteroatoms. The molecule has 1 atom stereocenters. The molecular formula is C14H19N5O2. The van der Waals surface area contributed by atoms with Crippen LogP contribution >= 0.6 is 0 Å². The Balaban J connectivity index is 2.05. The normalized spacial score (nSPS) is 22.2. The number of piperazine rings is 1. The fourth-order valence-corrected chi connectivity index (χ4v) is 2.54. The minimum atomic E-state index is -0.423. The van der Waals surface area contributed by atoms with Gasteiger partial charge in [-0.1, -0.05) is 0 Å². The number of nitrogens with zero attached hydrogens (tertiary/aromatic N) is 3. The SMILES string of the molecule is CNc1nc(C2CC2)nc(N2CC(=O)NC(=O)C2C)c1C. The molecule has 21 heavy (non-hydrogen) atoms. The Morgan fingerprint density at radius 1 is 1.29 bits per heavy atom. The van der Waals surface area contributed by atoms with E-state index in [-0.39, 0.29) is 18.4 Å². The van der Waals surface area contributed by atoms with Crippen LogP contribution in [-0.2, 0) is 9.59 Å². The molecule has 1 aromatic rings. The molecule has 2 fully saturated rings. The highest BCUT2D eigenvalue weighted by molar-refractivity contribution is 6.04. The molecule has 0 aromatic carbocycles. The van der Waals surface area contributed by atoms with Crippen molar-refractivity contribution in [2.45, 2.75) is 38.6 Å². The van der Waals surface area contributed by atoms with Crippen molar-refractivity contribution >= 4 is 23.5 Å². The molecular weight excluding hydrogens is 270 g/mol. The van der Waals surface area contributed by atoms with Gasteiger partial charge in [-0.2, -0.15) is 0 Å². The maximum absolute atomic E-state index is 11.9. The number of carbonyl (C=O) groups is 2. The lowest BCUT2D eigenvalue weighted by molar-refractivity contribution is -0.132. The molecule has 3 rings (SSSR count). The number of imide groups is 1. The van der Waals surface area contributed by atoms with E-state index in [9.17, 15) is 9.59 Å². The van der Waals surface area contributed by atoms with E-state index in [0.29, 0.717) is 11.7 Å². The lowest BCUT2D eigenvalue weighted by atomic mass is 10.1. The Morgan fingerprint density at radius 2 is 2.00 bits per heavy atom. The van der Waals surface area contributed by atoms with Crippen molar-refractivity contribution in [1.82, 2.24) is 15.3 Å². The van der Waals surface area contributed by atoms with Gasteiger partial charge in [-0.25, -0.2) is 9.97 Å². The Hall–Kier alpha value is -2.18. The third-order valence-electron chi connectivity index (χ3n) is 4.01. The summed E-state index contributed by atoms with van der Waals surface area (Å²) in [5.41, 5.74) is 0.858. The molecule has 1 saturated carbocycles. The molecule has 0 bridgehead atoms. The van der Waals surface area contributed by atoms with Gasteiger partial charge < -0.3 is 10.2 Å². The van der Waals surface area contributed by atoms with Crippen molar-refractivity contribution in [3.05, 3.63) is 11.4 Å². The molecule has 2 heterocycles. The van der Waals surface area contributed by atoms with E-state index in [1.807, 2.05) is 14.0 Å². The molecule has 0 radical (unpaired) electrons. The zero-order valence-corrected chi connectivity index (χ0v) is 12.4. The summed E-state index contributed by atoms with van der Waals surface area (Å²) in [5, 5.41) is 5.42. The first-order chi connectivity index (χ1) is 10.0. The number of rotatable bonds is 3. The van der Waals surface area contributed by atoms with Crippen LogP contribution in [0.1, 0.15) is 37.1 Å².